The Morgan fingerprint density at radius 3 is 2.11 bits per heavy atom. The number of esters is 3. The standard InChI is InChI=1S/C31H48O8S5/c1-7-30(4,28(36)39-25-19-43-24(33)18-44-25)21-31(5,27(35)37-13-15-42-17-16-41-14-12-32)20-29(2,3)26(34)38-22-8-10-23(40-6)11-9-22/h8-11,24-25,32-33H,7,12-21H2,1-6H3. The van der Waals surface area contributed by atoms with Gasteiger partial charge in [-0.05, 0) is 77.5 Å². The Balaban J connectivity index is 2.19. The minimum atomic E-state index is -1.19. The van der Waals surface area contributed by atoms with Crippen molar-refractivity contribution in [2.24, 2.45) is 16.2 Å². The lowest BCUT2D eigenvalue weighted by molar-refractivity contribution is -0.167. The van der Waals surface area contributed by atoms with Gasteiger partial charge in [-0.1, -0.05) is 6.92 Å². The van der Waals surface area contributed by atoms with Gasteiger partial charge in [-0.2, -0.15) is 23.5 Å². The number of thioether (sulfide) groups is 5. The minimum absolute atomic E-state index is 0.106. The first-order valence-electron chi connectivity index (χ1n) is 14.7. The number of benzene rings is 1. The summed E-state index contributed by atoms with van der Waals surface area (Å²) in [6.45, 7) is 9.32. The summed E-state index contributed by atoms with van der Waals surface area (Å²) in [5.41, 5.74) is -4.14. The molecule has 44 heavy (non-hydrogen) atoms. The molecule has 0 aliphatic carbocycles. The van der Waals surface area contributed by atoms with Crippen molar-refractivity contribution >= 4 is 76.7 Å². The highest BCUT2D eigenvalue weighted by molar-refractivity contribution is 8.06. The summed E-state index contributed by atoms with van der Waals surface area (Å²) in [5.74, 6) is 3.16. The van der Waals surface area contributed by atoms with Gasteiger partial charge in [0.25, 0.3) is 0 Å². The molecule has 4 atom stereocenters. The molecule has 0 saturated carbocycles. The molecule has 1 saturated heterocycles. The molecule has 0 radical (unpaired) electrons. The molecule has 1 aromatic carbocycles. The smallest absolute Gasteiger partial charge is 0.316 e. The average molecular weight is 709 g/mol. The second-order valence-corrected chi connectivity index (χ2v) is 17.6. The molecular weight excluding hydrogens is 661 g/mol. The molecule has 1 aromatic rings. The summed E-state index contributed by atoms with van der Waals surface area (Å²) < 4.78 is 17.4. The predicted octanol–water partition coefficient (Wildman–Crippen LogP) is 6.21. The fourth-order valence-electron chi connectivity index (χ4n) is 4.91. The lowest BCUT2D eigenvalue weighted by Gasteiger charge is -2.40. The third-order valence-corrected chi connectivity index (χ3v) is 12.9. The normalized spacial score (nSPS) is 19.8. The van der Waals surface area contributed by atoms with Crippen LogP contribution >= 0.6 is 58.8 Å². The van der Waals surface area contributed by atoms with E-state index in [4.69, 9.17) is 19.3 Å². The molecule has 2 rings (SSSR count). The Morgan fingerprint density at radius 1 is 0.886 bits per heavy atom. The molecule has 0 bridgehead atoms. The van der Waals surface area contributed by atoms with E-state index < -0.39 is 39.6 Å². The second kappa shape index (κ2) is 19.2. The van der Waals surface area contributed by atoms with Crippen LogP contribution in [0.3, 0.4) is 0 Å². The first-order valence-corrected chi connectivity index (χ1v) is 20.3. The zero-order valence-corrected chi connectivity index (χ0v) is 30.7. The van der Waals surface area contributed by atoms with Crippen LogP contribution in [0.5, 0.6) is 5.75 Å². The van der Waals surface area contributed by atoms with Crippen LogP contribution in [0.2, 0.25) is 0 Å². The molecule has 0 aromatic heterocycles. The van der Waals surface area contributed by atoms with Crippen molar-refractivity contribution in [3.63, 3.8) is 0 Å². The first-order chi connectivity index (χ1) is 20.8. The van der Waals surface area contributed by atoms with Crippen LogP contribution in [0.1, 0.15) is 53.9 Å². The number of aliphatic hydroxyl groups is 2. The van der Waals surface area contributed by atoms with E-state index in [1.54, 1.807) is 75.1 Å². The highest BCUT2D eigenvalue weighted by atomic mass is 32.2. The van der Waals surface area contributed by atoms with Crippen LogP contribution in [0.25, 0.3) is 0 Å². The molecule has 1 aliphatic heterocycles. The summed E-state index contributed by atoms with van der Waals surface area (Å²) in [7, 11) is 0. The Labute approximate surface area is 284 Å². The molecule has 2 N–H and O–H groups in total. The third kappa shape index (κ3) is 12.8. The van der Waals surface area contributed by atoms with Gasteiger partial charge >= 0.3 is 17.9 Å². The largest absolute Gasteiger partial charge is 0.464 e. The van der Waals surface area contributed by atoms with Gasteiger partial charge in [0.15, 0.2) is 5.44 Å². The van der Waals surface area contributed by atoms with Crippen molar-refractivity contribution < 1.29 is 38.8 Å². The van der Waals surface area contributed by atoms with E-state index in [0.29, 0.717) is 35.2 Å². The molecule has 4 unspecified atom stereocenters. The summed E-state index contributed by atoms with van der Waals surface area (Å²) in [6.07, 6.45) is 2.63. The van der Waals surface area contributed by atoms with Crippen LogP contribution < -0.4 is 4.74 Å². The maximum atomic E-state index is 13.8. The SMILES string of the molecule is CCC(C)(CC(C)(CC(C)(C)C(=O)Oc1ccc(SC)cc1)C(=O)OCCSCCSCCO)C(=O)OC1CSC(O)CS1. The molecule has 13 heteroatoms. The van der Waals surface area contributed by atoms with Gasteiger partial charge in [-0.15, -0.1) is 35.3 Å². The number of ether oxygens (including phenoxy) is 3. The van der Waals surface area contributed by atoms with Crippen molar-refractivity contribution in [2.75, 3.05) is 54.0 Å². The number of hydrogen-bond acceptors (Lipinski definition) is 13. The van der Waals surface area contributed by atoms with Gasteiger partial charge in [-0.3, -0.25) is 14.4 Å². The molecule has 1 aliphatic rings. The van der Waals surface area contributed by atoms with E-state index in [1.807, 2.05) is 25.3 Å². The highest BCUT2D eigenvalue weighted by Gasteiger charge is 2.50. The number of aliphatic hydroxyl groups excluding tert-OH is 2. The molecule has 0 spiro atoms. The van der Waals surface area contributed by atoms with E-state index >= 15 is 0 Å². The topological polar surface area (TPSA) is 119 Å². The first kappa shape index (κ1) is 39.5. The van der Waals surface area contributed by atoms with Crippen molar-refractivity contribution in [3.8, 4) is 5.75 Å². The third-order valence-electron chi connectivity index (χ3n) is 7.36. The molecule has 1 heterocycles. The zero-order chi connectivity index (χ0) is 32.8. The molecule has 1 fully saturated rings. The van der Waals surface area contributed by atoms with Crippen LogP contribution in [0.4, 0.5) is 0 Å². The lowest BCUT2D eigenvalue weighted by atomic mass is 9.65. The highest BCUT2D eigenvalue weighted by Crippen LogP contribution is 2.46. The maximum absolute atomic E-state index is 13.8. The fourth-order valence-corrected chi connectivity index (χ4v) is 9.22. The van der Waals surface area contributed by atoms with Crippen LogP contribution in [0.15, 0.2) is 29.2 Å². The molecular formula is C31H48O8S5. The maximum Gasteiger partial charge on any atom is 0.316 e. The lowest BCUT2D eigenvalue weighted by Crippen LogP contribution is -2.45. The summed E-state index contributed by atoms with van der Waals surface area (Å²) in [5, 5.41) is 18.7. The molecule has 250 valence electrons. The van der Waals surface area contributed by atoms with Crippen LogP contribution in [-0.2, 0) is 23.9 Å². The van der Waals surface area contributed by atoms with Crippen molar-refractivity contribution in [2.45, 2.75) is 69.6 Å². The van der Waals surface area contributed by atoms with E-state index in [9.17, 15) is 19.5 Å². The second-order valence-electron chi connectivity index (χ2n) is 11.8. The van der Waals surface area contributed by atoms with E-state index in [1.165, 1.54) is 23.5 Å². The Morgan fingerprint density at radius 2 is 1.55 bits per heavy atom. The number of rotatable bonds is 19. The summed E-state index contributed by atoms with van der Waals surface area (Å²) in [4.78, 5) is 41.9. The zero-order valence-electron chi connectivity index (χ0n) is 26.6. The van der Waals surface area contributed by atoms with Gasteiger partial charge in [0.1, 0.15) is 17.8 Å². The summed E-state index contributed by atoms with van der Waals surface area (Å²) >= 11 is 7.69. The average Bonchev–Trinajstić information content (AvgIpc) is 2.99. The van der Waals surface area contributed by atoms with Crippen molar-refractivity contribution in [3.05, 3.63) is 24.3 Å². The number of hydrogen-bond donors (Lipinski definition) is 2. The quantitative estimate of drug-likeness (QED) is 0.0734. The van der Waals surface area contributed by atoms with E-state index in [2.05, 4.69) is 0 Å². The predicted molar refractivity (Wildman–Crippen MR) is 187 cm³/mol. The Kier molecular flexibility index (Phi) is 17.2. The number of carbonyl (C=O) groups excluding carboxylic acids is 3. The Hall–Kier alpha value is -0.700. The monoisotopic (exact) mass is 708 g/mol. The van der Waals surface area contributed by atoms with Crippen LogP contribution in [0, 0.1) is 16.2 Å². The van der Waals surface area contributed by atoms with Gasteiger partial charge < -0.3 is 24.4 Å². The minimum Gasteiger partial charge on any atom is -0.464 e. The van der Waals surface area contributed by atoms with Gasteiger partial charge in [0.2, 0.25) is 0 Å². The summed E-state index contributed by atoms with van der Waals surface area (Å²) in [6, 6.07) is 7.26. The number of carbonyl (C=O) groups is 3. The van der Waals surface area contributed by atoms with Gasteiger partial charge in [0.05, 0.1) is 22.9 Å². The fraction of sp³-hybridized carbons (Fsp3) is 0.710. The Bertz CT molecular complexity index is 1050. The van der Waals surface area contributed by atoms with E-state index in [-0.39, 0.29) is 31.5 Å². The van der Waals surface area contributed by atoms with Crippen molar-refractivity contribution in [1.82, 2.24) is 0 Å². The van der Waals surface area contributed by atoms with Crippen LogP contribution in [-0.4, -0.2) is 93.0 Å². The van der Waals surface area contributed by atoms with Gasteiger partial charge in [0, 0.05) is 39.4 Å². The molecule has 8 nitrogen and oxygen atoms in total. The van der Waals surface area contributed by atoms with Gasteiger partial charge in [-0.25, -0.2) is 0 Å². The van der Waals surface area contributed by atoms with Crippen molar-refractivity contribution in [1.29, 1.82) is 0 Å². The molecule has 0 amide bonds. The van der Waals surface area contributed by atoms with E-state index in [0.717, 1.165) is 16.4 Å².